The van der Waals surface area contributed by atoms with Crippen molar-refractivity contribution >= 4 is 17.3 Å². The number of benzene rings is 2. The van der Waals surface area contributed by atoms with E-state index in [2.05, 4.69) is 10.2 Å². The van der Waals surface area contributed by atoms with Crippen molar-refractivity contribution in [1.29, 1.82) is 0 Å². The normalized spacial score (nSPS) is 10.6. The van der Waals surface area contributed by atoms with Crippen LogP contribution in [0.4, 0.5) is 24.5 Å². The molecule has 2 rings (SSSR count). The first-order valence-corrected chi connectivity index (χ1v) is 7.54. The molecule has 0 saturated carbocycles. The Morgan fingerprint density at radius 2 is 1.92 bits per heavy atom. The highest BCUT2D eigenvalue weighted by Crippen LogP contribution is 2.28. The van der Waals surface area contributed by atoms with Crippen LogP contribution in [0.25, 0.3) is 0 Å². The van der Waals surface area contributed by atoms with Crippen molar-refractivity contribution in [3.8, 4) is 0 Å². The average molecular weight is 354 g/mol. The number of aliphatic hydroxyl groups is 1. The van der Waals surface area contributed by atoms with Gasteiger partial charge in [-0.25, -0.2) is 18.7 Å². The number of hydrogen-bond acceptors (Lipinski definition) is 4. The van der Waals surface area contributed by atoms with Crippen molar-refractivity contribution in [3.63, 3.8) is 0 Å². The highest BCUT2D eigenvalue weighted by molar-refractivity contribution is 5.99. The minimum absolute atomic E-state index is 0.105. The van der Waals surface area contributed by atoms with E-state index < -0.39 is 29.0 Å². The number of halogens is 3. The summed E-state index contributed by atoms with van der Waals surface area (Å²) < 4.78 is 41.8. The van der Waals surface area contributed by atoms with Gasteiger partial charge in [-0.2, -0.15) is 0 Å². The molecule has 134 valence electrons. The Balaban J connectivity index is 2.35. The van der Waals surface area contributed by atoms with Gasteiger partial charge in [0.1, 0.15) is 5.82 Å². The van der Waals surface area contributed by atoms with Gasteiger partial charge in [0.25, 0.3) is 5.91 Å². The van der Waals surface area contributed by atoms with Crippen LogP contribution in [0.1, 0.15) is 22.8 Å². The molecule has 0 saturated heterocycles. The summed E-state index contributed by atoms with van der Waals surface area (Å²) >= 11 is 0. The lowest BCUT2D eigenvalue weighted by Crippen LogP contribution is -2.26. The Kier molecular flexibility index (Phi) is 6.37. The molecular weight excluding hydrogens is 337 g/mol. The van der Waals surface area contributed by atoms with Gasteiger partial charge in [-0.1, -0.05) is 13.0 Å². The highest BCUT2D eigenvalue weighted by atomic mass is 19.2. The molecule has 0 fully saturated rings. The summed E-state index contributed by atoms with van der Waals surface area (Å²) in [5.41, 5.74) is 1.81. The molecular formula is C17H17F3N2O3. The third-order valence-corrected chi connectivity index (χ3v) is 3.40. The van der Waals surface area contributed by atoms with E-state index in [-0.39, 0.29) is 24.5 Å². The van der Waals surface area contributed by atoms with Crippen LogP contribution in [-0.4, -0.2) is 24.2 Å². The molecule has 3 N–H and O–H groups in total. The fourth-order valence-corrected chi connectivity index (χ4v) is 2.09. The molecule has 0 bridgehead atoms. The second kappa shape index (κ2) is 8.50. The molecule has 0 spiro atoms. The summed E-state index contributed by atoms with van der Waals surface area (Å²) in [5, 5.41) is 11.0. The van der Waals surface area contributed by atoms with E-state index in [0.29, 0.717) is 6.42 Å². The van der Waals surface area contributed by atoms with E-state index >= 15 is 0 Å². The van der Waals surface area contributed by atoms with Crippen LogP contribution in [-0.2, 0) is 11.3 Å². The third kappa shape index (κ3) is 4.49. The molecule has 25 heavy (non-hydrogen) atoms. The second-order valence-electron chi connectivity index (χ2n) is 5.08. The number of anilines is 2. The van der Waals surface area contributed by atoms with E-state index in [1.54, 1.807) is 6.07 Å². The van der Waals surface area contributed by atoms with Crippen LogP contribution in [0.5, 0.6) is 0 Å². The number of amides is 1. The van der Waals surface area contributed by atoms with Gasteiger partial charge in [0.05, 0.1) is 30.2 Å². The van der Waals surface area contributed by atoms with Gasteiger partial charge >= 0.3 is 0 Å². The number of carbonyl (C=O) groups excluding carboxylic acids is 1. The van der Waals surface area contributed by atoms with E-state index in [0.717, 1.165) is 17.7 Å². The van der Waals surface area contributed by atoms with Crippen molar-refractivity contribution in [3.05, 3.63) is 58.9 Å². The highest BCUT2D eigenvalue weighted by Gasteiger charge is 2.20. The Bertz CT molecular complexity index is 769. The van der Waals surface area contributed by atoms with Crippen LogP contribution in [0.15, 0.2) is 30.3 Å². The standard InChI is InChI=1S/C17H17F3N2O3/c1-2-10-3-6-14(13(19)9-10)21-16-11(4-5-12(18)15(16)20)17(24)22-25-8-7-23/h3-6,9,21,23H,2,7-8H2,1H3,(H,22,24). The number of hydroxylamine groups is 1. The van der Waals surface area contributed by atoms with Crippen molar-refractivity contribution in [2.45, 2.75) is 13.3 Å². The first-order valence-electron chi connectivity index (χ1n) is 7.54. The van der Waals surface area contributed by atoms with E-state index in [4.69, 9.17) is 5.11 Å². The Morgan fingerprint density at radius 1 is 1.16 bits per heavy atom. The molecule has 2 aromatic rings. The molecule has 8 heteroatoms. The first-order chi connectivity index (χ1) is 12.0. The zero-order valence-electron chi connectivity index (χ0n) is 13.4. The molecule has 1 amide bonds. The average Bonchev–Trinajstić information content (AvgIpc) is 2.60. The molecule has 0 unspecified atom stereocenters. The lowest BCUT2D eigenvalue weighted by atomic mass is 10.1. The fraction of sp³-hybridized carbons (Fsp3) is 0.235. The Labute approximate surface area is 142 Å². The van der Waals surface area contributed by atoms with Gasteiger partial charge in [0, 0.05) is 0 Å². The zero-order chi connectivity index (χ0) is 18.4. The molecule has 0 aliphatic carbocycles. The topological polar surface area (TPSA) is 70.6 Å². The summed E-state index contributed by atoms with van der Waals surface area (Å²) in [6, 6.07) is 6.09. The minimum atomic E-state index is -1.33. The molecule has 0 aliphatic heterocycles. The summed E-state index contributed by atoms with van der Waals surface area (Å²) in [6.45, 7) is 1.34. The number of hydrogen-bond donors (Lipinski definition) is 3. The predicted octanol–water partition coefficient (Wildman–Crippen LogP) is 3.06. The minimum Gasteiger partial charge on any atom is -0.394 e. The maximum absolute atomic E-state index is 14.2. The smallest absolute Gasteiger partial charge is 0.277 e. The van der Waals surface area contributed by atoms with Crippen LogP contribution < -0.4 is 10.8 Å². The summed E-state index contributed by atoms with van der Waals surface area (Å²) in [7, 11) is 0. The molecule has 0 heterocycles. The van der Waals surface area contributed by atoms with Gasteiger partial charge in [0.2, 0.25) is 0 Å². The quantitative estimate of drug-likeness (QED) is 0.528. The zero-order valence-corrected chi connectivity index (χ0v) is 13.4. The van der Waals surface area contributed by atoms with Gasteiger partial charge in [-0.05, 0) is 36.2 Å². The van der Waals surface area contributed by atoms with Gasteiger partial charge in [0.15, 0.2) is 11.6 Å². The number of rotatable bonds is 7. The van der Waals surface area contributed by atoms with Crippen molar-refractivity contribution in [2.75, 3.05) is 18.5 Å². The monoisotopic (exact) mass is 354 g/mol. The van der Waals surface area contributed by atoms with Gasteiger partial charge < -0.3 is 10.4 Å². The van der Waals surface area contributed by atoms with Crippen molar-refractivity contribution in [1.82, 2.24) is 5.48 Å². The van der Waals surface area contributed by atoms with Crippen molar-refractivity contribution < 1.29 is 27.9 Å². The lowest BCUT2D eigenvalue weighted by molar-refractivity contribution is 0.0168. The number of carbonyl (C=O) groups is 1. The largest absolute Gasteiger partial charge is 0.394 e. The van der Waals surface area contributed by atoms with Gasteiger partial charge in [-0.3, -0.25) is 9.63 Å². The third-order valence-electron chi connectivity index (χ3n) is 3.40. The summed E-state index contributed by atoms with van der Waals surface area (Å²) in [6.07, 6.45) is 0.612. The molecule has 0 aromatic heterocycles. The maximum atomic E-state index is 14.2. The van der Waals surface area contributed by atoms with Crippen LogP contribution in [0.3, 0.4) is 0 Å². The molecule has 2 aromatic carbocycles. The summed E-state index contributed by atoms with van der Waals surface area (Å²) in [5.74, 6) is -4.05. The lowest BCUT2D eigenvalue weighted by Gasteiger charge is -2.14. The number of nitrogens with one attached hydrogen (secondary N) is 2. The maximum Gasteiger partial charge on any atom is 0.277 e. The van der Waals surface area contributed by atoms with Gasteiger partial charge in [-0.15, -0.1) is 0 Å². The van der Waals surface area contributed by atoms with E-state index in [1.165, 1.54) is 12.1 Å². The predicted molar refractivity (Wildman–Crippen MR) is 85.9 cm³/mol. The molecule has 0 radical (unpaired) electrons. The SMILES string of the molecule is CCc1ccc(Nc2c(C(=O)NOCCO)ccc(F)c2F)c(F)c1. The van der Waals surface area contributed by atoms with Crippen molar-refractivity contribution in [2.24, 2.45) is 0 Å². The molecule has 5 nitrogen and oxygen atoms in total. The Hall–Kier alpha value is -2.58. The number of aliphatic hydroxyl groups excluding tert-OH is 1. The fourth-order valence-electron chi connectivity index (χ4n) is 2.09. The second-order valence-corrected chi connectivity index (χ2v) is 5.08. The van der Waals surface area contributed by atoms with E-state index in [1.807, 2.05) is 12.4 Å². The van der Waals surface area contributed by atoms with Crippen LogP contribution in [0, 0.1) is 17.5 Å². The van der Waals surface area contributed by atoms with Crippen LogP contribution >= 0.6 is 0 Å². The molecule has 0 atom stereocenters. The van der Waals surface area contributed by atoms with Crippen LogP contribution in [0.2, 0.25) is 0 Å². The summed E-state index contributed by atoms with van der Waals surface area (Å²) in [4.78, 5) is 16.7. The first kappa shape index (κ1) is 18.8. The number of aryl methyl sites for hydroxylation is 1. The molecule has 0 aliphatic rings. The van der Waals surface area contributed by atoms with E-state index in [9.17, 15) is 18.0 Å². The Morgan fingerprint density at radius 3 is 2.56 bits per heavy atom.